The predicted octanol–water partition coefficient (Wildman–Crippen LogP) is 6.20. The number of ether oxygens (including phenoxy) is 5. The van der Waals surface area contributed by atoms with Crippen LogP contribution >= 0.6 is 0 Å². The molecule has 1 fully saturated rings. The molecule has 1 N–H and O–H groups in total. The number of amides is 2. The lowest BCUT2D eigenvalue weighted by Crippen LogP contribution is -2.41. The Morgan fingerprint density at radius 2 is 1.00 bits per heavy atom. The smallest absolute Gasteiger partial charge is 0.410 e. The summed E-state index contributed by atoms with van der Waals surface area (Å²) < 4.78 is 28.4. The Labute approximate surface area is 275 Å². The summed E-state index contributed by atoms with van der Waals surface area (Å²) in [5, 5.41) is 3.09. The Morgan fingerprint density at radius 1 is 0.600 bits per heavy atom. The van der Waals surface area contributed by atoms with Crippen molar-refractivity contribution in [1.82, 2.24) is 15.1 Å². The van der Waals surface area contributed by atoms with Gasteiger partial charge in [0.05, 0.1) is 59.4 Å². The van der Waals surface area contributed by atoms with Crippen molar-refractivity contribution in [2.75, 3.05) is 92.1 Å². The van der Waals surface area contributed by atoms with Gasteiger partial charge in [0, 0.05) is 32.7 Å². The quantitative estimate of drug-likeness (QED) is 0.187. The van der Waals surface area contributed by atoms with Gasteiger partial charge >= 0.3 is 6.09 Å². The van der Waals surface area contributed by atoms with E-state index in [1.807, 2.05) is 20.8 Å². The average Bonchev–Trinajstić information content (AvgIpc) is 2.99. The molecule has 0 bridgehead atoms. The molecule has 45 heavy (non-hydrogen) atoms. The Balaban J connectivity index is 2.19. The minimum atomic E-state index is -0.563. The molecular formula is C35H69N3O7. The molecule has 1 aliphatic heterocycles. The van der Waals surface area contributed by atoms with Crippen LogP contribution in [-0.2, 0) is 28.5 Å². The summed E-state index contributed by atoms with van der Waals surface area (Å²) in [5.41, 5.74) is -0.563. The Morgan fingerprint density at radius 3 is 1.42 bits per heavy atom. The number of nitrogens with one attached hydrogen (secondary N) is 1. The standard InChI is InChI=1S/C35H69N3O7/c1-5-6-7-8-9-10-11-12-13-14-15-16-17-18-19-36-33(39)32-37-20-24-41-28-30-43-26-22-38(34(40)45-35(2,3)4)23-27-44-31-29-42-25-21-37/h5-32H2,1-4H3,(H,36,39). The molecule has 0 aliphatic carbocycles. The Bertz CT molecular complexity index is 685. The lowest BCUT2D eigenvalue weighted by molar-refractivity contribution is -0.122. The largest absolute Gasteiger partial charge is 0.444 e. The van der Waals surface area contributed by atoms with Gasteiger partial charge in [0.1, 0.15) is 5.60 Å². The maximum atomic E-state index is 12.6. The number of rotatable bonds is 17. The van der Waals surface area contributed by atoms with Crippen LogP contribution in [0.1, 0.15) is 118 Å². The predicted molar refractivity (Wildman–Crippen MR) is 181 cm³/mol. The van der Waals surface area contributed by atoms with Crippen molar-refractivity contribution >= 4 is 12.0 Å². The fraction of sp³-hybridized carbons (Fsp3) is 0.943. The first kappa shape index (κ1) is 41.6. The van der Waals surface area contributed by atoms with Gasteiger partial charge in [0.2, 0.25) is 5.91 Å². The minimum Gasteiger partial charge on any atom is -0.444 e. The highest BCUT2D eigenvalue weighted by Gasteiger charge is 2.22. The fourth-order valence-corrected chi connectivity index (χ4v) is 5.08. The monoisotopic (exact) mass is 644 g/mol. The molecule has 266 valence electrons. The lowest BCUT2D eigenvalue weighted by Gasteiger charge is -2.27. The molecule has 0 atom stereocenters. The molecule has 10 nitrogen and oxygen atoms in total. The third kappa shape index (κ3) is 27.4. The van der Waals surface area contributed by atoms with Gasteiger partial charge in [-0.05, 0) is 27.2 Å². The summed E-state index contributed by atoms with van der Waals surface area (Å²) in [6.07, 6.45) is 18.2. The van der Waals surface area contributed by atoms with Crippen LogP contribution in [0, 0.1) is 0 Å². The van der Waals surface area contributed by atoms with E-state index in [-0.39, 0.29) is 12.0 Å². The molecule has 0 aromatic heterocycles. The summed E-state index contributed by atoms with van der Waals surface area (Å²) in [6.45, 7) is 14.5. The number of carbonyl (C=O) groups excluding carboxylic acids is 2. The van der Waals surface area contributed by atoms with Gasteiger partial charge in [-0.25, -0.2) is 4.79 Å². The van der Waals surface area contributed by atoms with E-state index in [0.717, 1.165) is 13.0 Å². The highest BCUT2D eigenvalue weighted by atomic mass is 16.6. The fourth-order valence-electron chi connectivity index (χ4n) is 5.08. The van der Waals surface area contributed by atoms with Crippen LogP contribution in [0.2, 0.25) is 0 Å². The van der Waals surface area contributed by atoms with Crippen molar-refractivity contribution in [3.63, 3.8) is 0 Å². The molecular weight excluding hydrogens is 574 g/mol. The molecule has 0 radical (unpaired) electrons. The average molecular weight is 644 g/mol. The Kier molecular flexibility index (Phi) is 26.5. The molecule has 2 amide bonds. The van der Waals surface area contributed by atoms with Gasteiger partial charge in [-0.3, -0.25) is 9.69 Å². The van der Waals surface area contributed by atoms with E-state index in [1.54, 1.807) is 4.90 Å². The lowest BCUT2D eigenvalue weighted by atomic mass is 10.0. The second-order valence-corrected chi connectivity index (χ2v) is 13.1. The maximum Gasteiger partial charge on any atom is 0.410 e. The zero-order valence-electron chi connectivity index (χ0n) is 29.6. The van der Waals surface area contributed by atoms with Crippen molar-refractivity contribution < 1.29 is 33.3 Å². The van der Waals surface area contributed by atoms with Crippen molar-refractivity contribution in [3.8, 4) is 0 Å². The van der Waals surface area contributed by atoms with Crippen molar-refractivity contribution in [2.45, 2.75) is 123 Å². The van der Waals surface area contributed by atoms with Gasteiger partial charge < -0.3 is 33.9 Å². The first-order valence-corrected chi connectivity index (χ1v) is 18.1. The van der Waals surface area contributed by atoms with Gasteiger partial charge in [0.25, 0.3) is 0 Å². The SMILES string of the molecule is CCCCCCCCCCCCCCCCNC(=O)CN1CCOCCOCCN(C(=O)OC(C)(C)C)CCOCCOCC1. The zero-order chi connectivity index (χ0) is 32.9. The van der Waals surface area contributed by atoms with Gasteiger partial charge in [-0.2, -0.15) is 0 Å². The van der Waals surface area contributed by atoms with Gasteiger partial charge in [0.15, 0.2) is 0 Å². The van der Waals surface area contributed by atoms with Crippen molar-refractivity contribution in [2.24, 2.45) is 0 Å². The Hall–Kier alpha value is -1.46. The number of carbonyl (C=O) groups is 2. The molecule has 1 saturated heterocycles. The first-order chi connectivity index (χ1) is 21.8. The van der Waals surface area contributed by atoms with E-state index in [0.29, 0.717) is 85.6 Å². The molecule has 1 rings (SSSR count). The van der Waals surface area contributed by atoms with Gasteiger partial charge in [-0.15, -0.1) is 0 Å². The molecule has 1 heterocycles. The second-order valence-electron chi connectivity index (χ2n) is 13.1. The summed E-state index contributed by atoms with van der Waals surface area (Å²) in [6, 6.07) is 0. The van der Waals surface area contributed by atoms with Crippen LogP contribution in [0.5, 0.6) is 0 Å². The maximum absolute atomic E-state index is 12.6. The second kappa shape index (κ2) is 28.7. The van der Waals surface area contributed by atoms with Crippen molar-refractivity contribution in [1.29, 1.82) is 0 Å². The highest BCUT2D eigenvalue weighted by molar-refractivity contribution is 5.77. The van der Waals surface area contributed by atoms with E-state index in [9.17, 15) is 9.59 Å². The van der Waals surface area contributed by atoms with Gasteiger partial charge in [-0.1, -0.05) is 90.4 Å². The van der Waals surface area contributed by atoms with Crippen LogP contribution in [0.25, 0.3) is 0 Å². The molecule has 0 aromatic carbocycles. The normalized spacial score (nSPS) is 17.4. The van der Waals surface area contributed by atoms with Crippen molar-refractivity contribution in [3.05, 3.63) is 0 Å². The molecule has 10 heteroatoms. The topological polar surface area (TPSA) is 98.8 Å². The molecule has 0 spiro atoms. The number of hydrogen-bond donors (Lipinski definition) is 1. The first-order valence-electron chi connectivity index (χ1n) is 18.1. The summed E-state index contributed by atoms with van der Waals surface area (Å²) in [7, 11) is 0. The number of unbranched alkanes of at least 4 members (excludes halogenated alkanes) is 13. The zero-order valence-corrected chi connectivity index (χ0v) is 29.6. The number of nitrogens with zero attached hydrogens (tertiary/aromatic N) is 2. The molecule has 0 aromatic rings. The van der Waals surface area contributed by atoms with E-state index in [4.69, 9.17) is 23.7 Å². The van der Waals surface area contributed by atoms with E-state index in [2.05, 4.69) is 17.1 Å². The summed E-state index contributed by atoms with van der Waals surface area (Å²) >= 11 is 0. The summed E-state index contributed by atoms with van der Waals surface area (Å²) in [4.78, 5) is 28.8. The van der Waals surface area contributed by atoms with E-state index >= 15 is 0 Å². The molecule has 0 unspecified atom stereocenters. The van der Waals surface area contributed by atoms with Crippen LogP contribution in [0.15, 0.2) is 0 Å². The molecule has 0 saturated carbocycles. The minimum absolute atomic E-state index is 0.0491. The van der Waals surface area contributed by atoms with Crippen LogP contribution in [0.3, 0.4) is 0 Å². The van der Waals surface area contributed by atoms with E-state index < -0.39 is 5.60 Å². The summed E-state index contributed by atoms with van der Waals surface area (Å²) in [5.74, 6) is 0.0491. The molecule has 1 aliphatic rings. The third-order valence-electron chi connectivity index (χ3n) is 7.73. The van der Waals surface area contributed by atoms with E-state index in [1.165, 1.54) is 83.5 Å². The number of hydrogen-bond acceptors (Lipinski definition) is 8. The van der Waals surface area contributed by atoms with Crippen LogP contribution in [0.4, 0.5) is 4.79 Å². The highest BCUT2D eigenvalue weighted by Crippen LogP contribution is 2.13. The third-order valence-corrected chi connectivity index (χ3v) is 7.73. The van der Waals surface area contributed by atoms with Crippen LogP contribution < -0.4 is 5.32 Å². The van der Waals surface area contributed by atoms with Crippen LogP contribution in [-0.4, -0.2) is 120 Å².